The zero-order valence-electron chi connectivity index (χ0n) is 14.1. The topological polar surface area (TPSA) is 79.0 Å². The number of benzene rings is 1. The van der Waals surface area contributed by atoms with Crippen LogP contribution < -0.4 is 5.32 Å². The van der Waals surface area contributed by atoms with Gasteiger partial charge in [0.05, 0.1) is 7.11 Å². The fraction of sp³-hybridized carbons (Fsp3) is 0.471. The highest BCUT2D eigenvalue weighted by Gasteiger charge is 2.25. The molecule has 1 saturated heterocycles. The zero-order valence-corrected chi connectivity index (χ0v) is 14.1. The largest absolute Gasteiger partial charge is 0.469 e. The number of amides is 3. The highest BCUT2D eigenvalue weighted by molar-refractivity contribution is 5.94. The minimum Gasteiger partial charge on any atom is -0.469 e. The monoisotopic (exact) mass is 333 g/mol. The molecule has 0 aromatic heterocycles. The summed E-state index contributed by atoms with van der Waals surface area (Å²) in [6, 6.07) is 7.84. The summed E-state index contributed by atoms with van der Waals surface area (Å²) in [6.45, 7) is 4.24. The van der Waals surface area contributed by atoms with Gasteiger partial charge in [0.1, 0.15) is 6.42 Å². The average Bonchev–Trinajstić information content (AvgIpc) is 2.61. The van der Waals surface area contributed by atoms with Gasteiger partial charge < -0.3 is 19.9 Å². The Morgan fingerprint density at radius 3 is 2.21 bits per heavy atom. The predicted octanol–water partition coefficient (Wildman–Crippen LogP) is 0.912. The number of urea groups is 1. The van der Waals surface area contributed by atoms with Gasteiger partial charge in [-0.15, -0.1) is 0 Å². The Hall–Kier alpha value is -2.57. The van der Waals surface area contributed by atoms with Crippen LogP contribution in [0.3, 0.4) is 0 Å². The second-order valence-corrected chi connectivity index (χ2v) is 5.77. The lowest BCUT2D eigenvalue weighted by molar-refractivity contribution is -0.147. The Morgan fingerprint density at radius 2 is 1.62 bits per heavy atom. The van der Waals surface area contributed by atoms with Crippen LogP contribution in [0.1, 0.15) is 17.5 Å². The molecule has 0 spiro atoms. The standard InChI is InChI=1S/C17H23N3O4/c1-13-3-5-14(6-4-13)12-18-17(23)20-9-7-19(8-10-20)15(21)11-16(22)24-2/h3-6H,7-12H2,1-2H3,(H,18,23). The molecule has 130 valence electrons. The van der Waals surface area contributed by atoms with Crippen LogP contribution in [0.2, 0.25) is 0 Å². The maximum atomic E-state index is 12.2. The summed E-state index contributed by atoms with van der Waals surface area (Å²) in [7, 11) is 1.26. The van der Waals surface area contributed by atoms with Crippen LogP contribution in [0.4, 0.5) is 4.79 Å². The van der Waals surface area contributed by atoms with E-state index in [0.717, 1.165) is 5.56 Å². The molecule has 0 unspecified atom stereocenters. The summed E-state index contributed by atoms with van der Waals surface area (Å²) in [5.74, 6) is -0.806. The molecule has 1 aromatic rings. The van der Waals surface area contributed by atoms with E-state index in [1.165, 1.54) is 12.7 Å². The molecule has 7 heteroatoms. The van der Waals surface area contributed by atoms with Gasteiger partial charge >= 0.3 is 12.0 Å². The molecule has 0 aliphatic carbocycles. The Morgan fingerprint density at radius 1 is 1.04 bits per heavy atom. The number of carbonyl (C=O) groups is 3. The first-order valence-electron chi connectivity index (χ1n) is 7.92. The smallest absolute Gasteiger partial charge is 0.317 e. The third-order valence-electron chi connectivity index (χ3n) is 4.01. The Labute approximate surface area is 141 Å². The lowest BCUT2D eigenvalue weighted by Crippen LogP contribution is -2.53. The van der Waals surface area contributed by atoms with Gasteiger partial charge in [0.15, 0.2) is 0 Å². The van der Waals surface area contributed by atoms with Crippen LogP contribution in [-0.4, -0.2) is 61.0 Å². The molecule has 1 aromatic carbocycles. The van der Waals surface area contributed by atoms with E-state index >= 15 is 0 Å². The highest BCUT2D eigenvalue weighted by atomic mass is 16.5. The van der Waals surface area contributed by atoms with Gasteiger partial charge in [0.25, 0.3) is 0 Å². The van der Waals surface area contributed by atoms with E-state index in [1.54, 1.807) is 9.80 Å². The van der Waals surface area contributed by atoms with Crippen molar-refractivity contribution in [3.05, 3.63) is 35.4 Å². The van der Waals surface area contributed by atoms with E-state index in [1.807, 2.05) is 31.2 Å². The molecule has 1 fully saturated rings. The Bertz CT molecular complexity index is 592. The van der Waals surface area contributed by atoms with E-state index in [4.69, 9.17) is 0 Å². The van der Waals surface area contributed by atoms with E-state index in [2.05, 4.69) is 10.1 Å². The number of esters is 1. The van der Waals surface area contributed by atoms with Gasteiger partial charge in [0, 0.05) is 32.7 Å². The third-order valence-corrected chi connectivity index (χ3v) is 4.01. The van der Waals surface area contributed by atoms with Gasteiger partial charge in [-0.1, -0.05) is 29.8 Å². The normalized spacial score (nSPS) is 14.2. The summed E-state index contributed by atoms with van der Waals surface area (Å²) < 4.78 is 4.49. The molecule has 0 radical (unpaired) electrons. The first-order chi connectivity index (χ1) is 11.5. The quantitative estimate of drug-likeness (QED) is 0.656. The van der Waals surface area contributed by atoms with Crippen molar-refractivity contribution in [3.8, 4) is 0 Å². The number of rotatable bonds is 4. The van der Waals surface area contributed by atoms with Crippen molar-refractivity contribution in [3.63, 3.8) is 0 Å². The van der Waals surface area contributed by atoms with Gasteiger partial charge in [-0.3, -0.25) is 9.59 Å². The van der Waals surface area contributed by atoms with E-state index in [9.17, 15) is 14.4 Å². The van der Waals surface area contributed by atoms with Crippen molar-refractivity contribution >= 4 is 17.9 Å². The summed E-state index contributed by atoms with van der Waals surface area (Å²) in [5, 5.41) is 2.88. The number of nitrogens with one attached hydrogen (secondary N) is 1. The molecular formula is C17H23N3O4. The maximum Gasteiger partial charge on any atom is 0.317 e. The first-order valence-corrected chi connectivity index (χ1v) is 7.92. The Balaban J connectivity index is 1.75. The van der Waals surface area contributed by atoms with Crippen molar-refractivity contribution in [2.24, 2.45) is 0 Å². The van der Waals surface area contributed by atoms with Gasteiger partial charge in [-0.05, 0) is 12.5 Å². The molecular weight excluding hydrogens is 310 g/mol. The summed E-state index contributed by atoms with van der Waals surface area (Å²) >= 11 is 0. The predicted molar refractivity (Wildman–Crippen MR) is 88.2 cm³/mol. The lowest BCUT2D eigenvalue weighted by atomic mass is 10.1. The molecule has 1 heterocycles. The molecule has 1 aliphatic rings. The van der Waals surface area contributed by atoms with E-state index in [0.29, 0.717) is 32.7 Å². The van der Waals surface area contributed by atoms with Crippen molar-refractivity contribution in [2.45, 2.75) is 19.9 Å². The molecule has 24 heavy (non-hydrogen) atoms. The second kappa shape index (κ2) is 8.33. The van der Waals surface area contributed by atoms with E-state index < -0.39 is 5.97 Å². The average molecular weight is 333 g/mol. The van der Waals surface area contributed by atoms with Crippen LogP contribution in [0, 0.1) is 6.92 Å². The molecule has 1 aliphatic heterocycles. The van der Waals surface area contributed by atoms with Crippen LogP contribution in [0.15, 0.2) is 24.3 Å². The number of piperazine rings is 1. The fourth-order valence-corrected chi connectivity index (χ4v) is 2.46. The molecule has 0 bridgehead atoms. The minimum atomic E-state index is -0.543. The Kier molecular flexibility index (Phi) is 6.17. The first kappa shape index (κ1) is 17.8. The molecule has 0 atom stereocenters. The van der Waals surface area contributed by atoms with Crippen LogP contribution in [0.25, 0.3) is 0 Å². The van der Waals surface area contributed by atoms with Crippen LogP contribution in [0.5, 0.6) is 0 Å². The van der Waals surface area contributed by atoms with Gasteiger partial charge in [0.2, 0.25) is 5.91 Å². The molecule has 3 amide bonds. The van der Waals surface area contributed by atoms with Crippen LogP contribution in [-0.2, 0) is 20.9 Å². The molecule has 7 nitrogen and oxygen atoms in total. The maximum absolute atomic E-state index is 12.2. The van der Waals surface area contributed by atoms with Crippen LogP contribution >= 0.6 is 0 Å². The summed E-state index contributed by atoms with van der Waals surface area (Å²) in [5.41, 5.74) is 2.22. The molecule has 0 saturated carbocycles. The van der Waals surface area contributed by atoms with Crippen molar-refractivity contribution in [1.82, 2.24) is 15.1 Å². The molecule has 2 rings (SSSR count). The van der Waals surface area contributed by atoms with Gasteiger partial charge in [-0.25, -0.2) is 4.79 Å². The number of aryl methyl sites for hydroxylation is 1. The number of ether oxygens (including phenoxy) is 1. The number of hydrogen-bond acceptors (Lipinski definition) is 4. The lowest BCUT2D eigenvalue weighted by Gasteiger charge is -2.34. The van der Waals surface area contributed by atoms with E-state index in [-0.39, 0.29) is 18.4 Å². The van der Waals surface area contributed by atoms with Crippen molar-refractivity contribution < 1.29 is 19.1 Å². The summed E-state index contributed by atoms with van der Waals surface area (Å²) in [6.07, 6.45) is -0.254. The summed E-state index contributed by atoms with van der Waals surface area (Å²) in [4.78, 5) is 38.5. The number of hydrogen-bond donors (Lipinski definition) is 1. The number of nitrogens with zero attached hydrogens (tertiary/aromatic N) is 2. The minimum absolute atomic E-state index is 0.143. The number of carbonyl (C=O) groups excluding carboxylic acids is 3. The SMILES string of the molecule is COC(=O)CC(=O)N1CCN(C(=O)NCc2ccc(C)cc2)CC1. The number of methoxy groups -OCH3 is 1. The zero-order chi connectivity index (χ0) is 17.5. The fourth-order valence-electron chi connectivity index (χ4n) is 2.46. The molecule has 1 N–H and O–H groups in total. The van der Waals surface area contributed by atoms with Gasteiger partial charge in [-0.2, -0.15) is 0 Å². The van der Waals surface area contributed by atoms with Crippen molar-refractivity contribution in [1.29, 1.82) is 0 Å². The highest BCUT2D eigenvalue weighted by Crippen LogP contribution is 2.06. The third kappa shape index (κ3) is 4.97. The second-order valence-electron chi connectivity index (χ2n) is 5.77. The van der Waals surface area contributed by atoms with Crippen molar-refractivity contribution in [2.75, 3.05) is 33.3 Å².